The summed E-state index contributed by atoms with van der Waals surface area (Å²) in [5, 5.41) is 9.06. The van der Waals surface area contributed by atoms with Gasteiger partial charge in [0.25, 0.3) is 0 Å². The summed E-state index contributed by atoms with van der Waals surface area (Å²) < 4.78 is 24.5. The second-order valence-corrected chi connectivity index (χ2v) is 9.19. The second kappa shape index (κ2) is 10.5. The molecule has 0 aliphatic carbocycles. The molecule has 1 heterocycles. The maximum absolute atomic E-state index is 11.8. The maximum atomic E-state index is 11.8. The monoisotopic (exact) mass is 489 g/mol. The Kier molecular flexibility index (Phi) is 10.2. The van der Waals surface area contributed by atoms with Crippen molar-refractivity contribution >= 4 is 45.9 Å². The van der Waals surface area contributed by atoms with E-state index >= 15 is 0 Å². The second-order valence-electron chi connectivity index (χ2n) is 7.21. The summed E-state index contributed by atoms with van der Waals surface area (Å²) in [6.45, 7) is 7.78. The number of carbonyl (C=O) groups is 1. The number of piperidine rings is 1. The molecule has 0 atom stereocenters. The fourth-order valence-corrected chi connectivity index (χ4v) is 3.41. The predicted octanol–water partition coefficient (Wildman–Crippen LogP) is 0.356. The van der Waals surface area contributed by atoms with E-state index in [1.54, 1.807) is 7.05 Å². The van der Waals surface area contributed by atoms with E-state index in [4.69, 9.17) is 0 Å². The lowest BCUT2D eigenvalue weighted by Gasteiger charge is -2.30. The van der Waals surface area contributed by atoms with Crippen LogP contribution >= 0.6 is 24.0 Å². The van der Waals surface area contributed by atoms with Crippen LogP contribution in [0, 0.1) is 5.92 Å². The average Bonchev–Trinajstić information content (AvgIpc) is 2.45. The summed E-state index contributed by atoms with van der Waals surface area (Å²) in [4.78, 5) is 15.9. The Morgan fingerprint density at radius 1 is 1.20 bits per heavy atom. The number of carbonyl (C=O) groups excluding carboxylic acids is 1. The number of nitrogens with zero attached hydrogens (tertiary/aromatic N) is 2. The minimum Gasteiger partial charge on any atom is -0.356 e. The van der Waals surface area contributed by atoms with Gasteiger partial charge >= 0.3 is 0 Å². The lowest BCUT2D eigenvalue weighted by molar-refractivity contribution is -0.121. The number of amides is 1. The van der Waals surface area contributed by atoms with Crippen LogP contribution in [0.1, 0.15) is 33.6 Å². The van der Waals surface area contributed by atoms with E-state index in [1.807, 2.05) is 20.8 Å². The van der Waals surface area contributed by atoms with E-state index in [9.17, 15) is 13.2 Å². The number of guanidine groups is 1. The smallest absolute Gasteiger partial charge is 0.239 e. The van der Waals surface area contributed by atoms with Gasteiger partial charge in [0.15, 0.2) is 5.96 Å². The fraction of sp³-hybridized carbons (Fsp3) is 0.867. The van der Waals surface area contributed by atoms with Gasteiger partial charge in [-0.2, -0.15) is 0 Å². The van der Waals surface area contributed by atoms with Gasteiger partial charge in [-0.3, -0.25) is 9.79 Å². The van der Waals surface area contributed by atoms with E-state index in [-0.39, 0.29) is 42.0 Å². The largest absolute Gasteiger partial charge is 0.356 e. The molecule has 0 bridgehead atoms. The van der Waals surface area contributed by atoms with Gasteiger partial charge in [-0.15, -0.1) is 24.0 Å². The minimum absolute atomic E-state index is 0. The first-order chi connectivity index (χ1) is 11.0. The van der Waals surface area contributed by atoms with Gasteiger partial charge in [0.05, 0.1) is 12.8 Å². The molecular formula is C15H32IN5O3S. The zero-order chi connectivity index (χ0) is 18.4. The van der Waals surface area contributed by atoms with Crippen LogP contribution in [-0.2, 0) is 14.8 Å². The standard InChI is InChI=1S/C15H31N5O3S.HI/c1-15(2,3)19-13(21)11-18-14(16-4)17-10-12-6-8-20(9-7-12)24(5,22)23;/h12H,6-11H2,1-5H3,(H,19,21)(H2,16,17,18);1H. The lowest BCUT2D eigenvalue weighted by Crippen LogP contribution is -2.49. The van der Waals surface area contributed by atoms with Crippen LogP contribution in [0.25, 0.3) is 0 Å². The number of hydrogen-bond acceptors (Lipinski definition) is 4. The first-order valence-corrected chi connectivity index (χ1v) is 10.1. The number of sulfonamides is 1. The highest BCUT2D eigenvalue weighted by Crippen LogP contribution is 2.18. The number of halogens is 1. The Bertz CT molecular complexity index is 552. The van der Waals surface area contributed by atoms with Crippen LogP contribution in [0.2, 0.25) is 0 Å². The third-order valence-electron chi connectivity index (χ3n) is 3.76. The average molecular weight is 489 g/mol. The van der Waals surface area contributed by atoms with Gasteiger partial charge in [0.2, 0.25) is 15.9 Å². The Morgan fingerprint density at radius 2 is 1.76 bits per heavy atom. The highest BCUT2D eigenvalue weighted by Gasteiger charge is 2.24. The van der Waals surface area contributed by atoms with Crippen molar-refractivity contribution in [3.63, 3.8) is 0 Å². The lowest BCUT2D eigenvalue weighted by atomic mass is 9.98. The van der Waals surface area contributed by atoms with Crippen molar-refractivity contribution < 1.29 is 13.2 Å². The quantitative estimate of drug-likeness (QED) is 0.294. The predicted molar refractivity (Wildman–Crippen MR) is 112 cm³/mol. The van der Waals surface area contributed by atoms with Gasteiger partial charge in [-0.05, 0) is 39.5 Å². The zero-order valence-corrected chi connectivity index (χ0v) is 18.9. The van der Waals surface area contributed by atoms with E-state index in [2.05, 4.69) is 20.9 Å². The normalized spacial score (nSPS) is 17.6. The minimum atomic E-state index is -3.09. The summed E-state index contributed by atoms with van der Waals surface area (Å²) in [5.74, 6) is 0.876. The summed E-state index contributed by atoms with van der Waals surface area (Å²) in [6, 6.07) is 0. The Labute approximate surface area is 168 Å². The van der Waals surface area contributed by atoms with E-state index in [0.717, 1.165) is 12.8 Å². The van der Waals surface area contributed by atoms with E-state index in [0.29, 0.717) is 31.5 Å². The van der Waals surface area contributed by atoms with Gasteiger partial charge in [0, 0.05) is 32.2 Å². The molecule has 0 saturated carbocycles. The molecule has 0 aromatic carbocycles. The highest BCUT2D eigenvalue weighted by molar-refractivity contribution is 14.0. The first-order valence-electron chi connectivity index (χ1n) is 8.22. The van der Waals surface area contributed by atoms with Gasteiger partial charge in [-0.25, -0.2) is 12.7 Å². The van der Waals surface area contributed by atoms with Crippen molar-refractivity contribution in [1.29, 1.82) is 0 Å². The molecular weight excluding hydrogens is 457 g/mol. The van der Waals surface area contributed by atoms with Crippen molar-refractivity contribution in [3.8, 4) is 0 Å². The molecule has 1 fully saturated rings. The van der Waals surface area contributed by atoms with Gasteiger partial charge in [0.1, 0.15) is 0 Å². The SMILES string of the molecule is CN=C(NCC(=O)NC(C)(C)C)NCC1CCN(S(C)(=O)=O)CC1.I. The number of hydrogen-bond donors (Lipinski definition) is 3. The Balaban J connectivity index is 0.00000576. The molecule has 0 aromatic rings. The molecule has 1 rings (SSSR count). The summed E-state index contributed by atoms with van der Waals surface area (Å²) in [5.41, 5.74) is -0.261. The molecule has 1 aliphatic heterocycles. The van der Waals surface area contributed by atoms with Crippen molar-refractivity contribution in [1.82, 2.24) is 20.3 Å². The van der Waals surface area contributed by atoms with E-state index < -0.39 is 10.0 Å². The topological polar surface area (TPSA) is 103 Å². The number of aliphatic imine (C=N–C) groups is 1. The van der Waals surface area contributed by atoms with Crippen molar-refractivity contribution in [2.24, 2.45) is 10.9 Å². The Hall–Kier alpha value is -0.620. The molecule has 3 N–H and O–H groups in total. The molecule has 1 amide bonds. The summed E-state index contributed by atoms with van der Waals surface area (Å²) in [7, 11) is -1.43. The van der Waals surface area contributed by atoms with Crippen LogP contribution in [0.5, 0.6) is 0 Å². The zero-order valence-electron chi connectivity index (χ0n) is 15.8. The van der Waals surface area contributed by atoms with E-state index in [1.165, 1.54) is 10.6 Å². The van der Waals surface area contributed by atoms with Gasteiger partial charge < -0.3 is 16.0 Å². The highest BCUT2D eigenvalue weighted by atomic mass is 127. The molecule has 1 aliphatic rings. The van der Waals surface area contributed by atoms with Gasteiger partial charge in [-0.1, -0.05) is 0 Å². The molecule has 10 heteroatoms. The number of nitrogens with one attached hydrogen (secondary N) is 3. The molecule has 1 saturated heterocycles. The van der Waals surface area contributed by atoms with Crippen LogP contribution in [0.3, 0.4) is 0 Å². The molecule has 25 heavy (non-hydrogen) atoms. The van der Waals surface area contributed by atoms with Crippen molar-refractivity contribution in [2.45, 2.75) is 39.2 Å². The molecule has 148 valence electrons. The molecule has 8 nitrogen and oxygen atoms in total. The molecule has 0 unspecified atom stereocenters. The van der Waals surface area contributed by atoms with Crippen LogP contribution < -0.4 is 16.0 Å². The molecule has 0 spiro atoms. The summed E-state index contributed by atoms with van der Waals surface area (Å²) >= 11 is 0. The third-order valence-corrected chi connectivity index (χ3v) is 5.06. The molecule has 0 aromatic heterocycles. The maximum Gasteiger partial charge on any atom is 0.239 e. The third kappa shape index (κ3) is 10.2. The first kappa shape index (κ1) is 24.4. The van der Waals surface area contributed by atoms with Crippen molar-refractivity contribution in [3.05, 3.63) is 0 Å². The van der Waals surface area contributed by atoms with Crippen LogP contribution in [0.4, 0.5) is 0 Å². The fourth-order valence-electron chi connectivity index (χ4n) is 2.53. The Morgan fingerprint density at radius 3 is 2.20 bits per heavy atom. The number of rotatable bonds is 5. The molecule has 0 radical (unpaired) electrons. The van der Waals surface area contributed by atoms with Crippen molar-refractivity contribution in [2.75, 3.05) is 39.5 Å². The van der Waals surface area contributed by atoms with Crippen LogP contribution in [-0.4, -0.2) is 69.6 Å². The summed E-state index contributed by atoms with van der Waals surface area (Å²) in [6.07, 6.45) is 2.89. The van der Waals surface area contributed by atoms with Crippen LogP contribution in [0.15, 0.2) is 4.99 Å².